The van der Waals surface area contributed by atoms with Gasteiger partial charge in [-0.2, -0.15) is 0 Å². The zero-order valence-electron chi connectivity index (χ0n) is 9.11. The largest absolute Gasteiger partial charge is 0.310 e. The van der Waals surface area contributed by atoms with Gasteiger partial charge in [0.1, 0.15) is 5.82 Å². The van der Waals surface area contributed by atoms with Gasteiger partial charge < -0.3 is 5.32 Å². The lowest BCUT2D eigenvalue weighted by Crippen LogP contribution is -2.18. The molecule has 1 aromatic carbocycles. The van der Waals surface area contributed by atoms with Gasteiger partial charge >= 0.3 is 0 Å². The van der Waals surface area contributed by atoms with Crippen LogP contribution in [0.3, 0.4) is 0 Å². The van der Waals surface area contributed by atoms with Crippen LogP contribution < -0.4 is 5.32 Å². The predicted octanol–water partition coefficient (Wildman–Crippen LogP) is 1.71. The molecule has 2 aliphatic rings. The molecule has 0 amide bonds. The molecule has 1 fully saturated rings. The van der Waals surface area contributed by atoms with Crippen molar-refractivity contribution >= 4 is 15.4 Å². The Morgan fingerprint density at radius 1 is 1.35 bits per heavy atom. The molecule has 0 unspecified atom stereocenters. The van der Waals surface area contributed by atoms with Gasteiger partial charge in [0.15, 0.2) is 0 Å². The average Bonchev–Trinajstić information content (AvgIpc) is 3.04. The van der Waals surface area contributed by atoms with Crippen molar-refractivity contribution in [2.75, 3.05) is 6.54 Å². The second-order valence-electron chi connectivity index (χ2n) is 4.46. The van der Waals surface area contributed by atoms with Gasteiger partial charge in [-0.15, -0.1) is 0 Å². The molecular formula is C12H12FNO2S. The average molecular weight is 253 g/mol. The molecule has 0 bridgehead atoms. The maximum absolute atomic E-state index is 13.7. The highest BCUT2D eigenvalue weighted by atomic mass is 32.2. The van der Waals surface area contributed by atoms with Crippen LogP contribution in [0.2, 0.25) is 0 Å². The van der Waals surface area contributed by atoms with E-state index in [0.717, 1.165) is 12.8 Å². The van der Waals surface area contributed by atoms with E-state index in [1.165, 1.54) is 23.6 Å². The zero-order valence-corrected chi connectivity index (χ0v) is 9.93. The number of hydrogen-bond donors (Lipinski definition) is 1. The van der Waals surface area contributed by atoms with Crippen LogP contribution in [0.15, 0.2) is 28.5 Å². The van der Waals surface area contributed by atoms with Crippen molar-refractivity contribution < 1.29 is 12.8 Å². The van der Waals surface area contributed by atoms with Gasteiger partial charge in [0.05, 0.1) is 4.90 Å². The number of halogens is 1. The lowest BCUT2D eigenvalue weighted by molar-refractivity contribution is 0.599. The maximum atomic E-state index is 13.7. The van der Waals surface area contributed by atoms with Crippen molar-refractivity contribution in [2.45, 2.75) is 23.8 Å². The van der Waals surface area contributed by atoms with Gasteiger partial charge in [-0.05, 0) is 30.5 Å². The Kier molecular flexibility index (Phi) is 2.34. The van der Waals surface area contributed by atoms with Crippen LogP contribution in [0.1, 0.15) is 18.4 Å². The molecule has 1 heterocycles. The molecule has 1 aliphatic carbocycles. The fraction of sp³-hybridized carbons (Fsp3) is 0.333. The summed E-state index contributed by atoms with van der Waals surface area (Å²) in [7, 11) is -3.45. The number of benzene rings is 1. The molecule has 3 nitrogen and oxygen atoms in total. The number of nitrogens with one attached hydrogen (secondary N) is 1. The van der Waals surface area contributed by atoms with Gasteiger partial charge in [-0.1, -0.05) is 6.07 Å². The van der Waals surface area contributed by atoms with E-state index in [9.17, 15) is 12.8 Å². The summed E-state index contributed by atoms with van der Waals surface area (Å²) in [6.45, 7) is 0.415. The fourth-order valence-corrected chi connectivity index (χ4v) is 3.52. The van der Waals surface area contributed by atoms with E-state index in [2.05, 4.69) is 5.32 Å². The number of rotatable bonds is 3. The summed E-state index contributed by atoms with van der Waals surface area (Å²) in [6, 6.07) is 4.64. The first-order valence-corrected chi connectivity index (χ1v) is 7.10. The molecule has 5 heteroatoms. The van der Waals surface area contributed by atoms with E-state index in [4.69, 9.17) is 0 Å². The van der Waals surface area contributed by atoms with E-state index >= 15 is 0 Å². The third-order valence-electron chi connectivity index (χ3n) is 3.06. The molecule has 1 saturated carbocycles. The number of hydrogen-bond acceptors (Lipinski definition) is 3. The van der Waals surface area contributed by atoms with Gasteiger partial charge in [0.25, 0.3) is 0 Å². The van der Waals surface area contributed by atoms with E-state index in [1.807, 2.05) is 0 Å². The van der Waals surface area contributed by atoms with E-state index in [-0.39, 0.29) is 10.5 Å². The lowest BCUT2D eigenvalue weighted by Gasteiger charge is -2.06. The van der Waals surface area contributed by atoms with Crippen LogP contribution in [0.5, 0.6) is 0 Å². The minimum absolute atomic E-state index is 0.0881. The second kappa shape index (κ2) is 3.65. The van der Waals surface area contributed by atoms with Gasteiger partial charge in [0.2, 0.25) is 9.84 Å². The first kappa shape index (κ1) is 10.9. The maximum Gasteiger partial charge on any atom is 0.200 e. The minimum Gasteiger partial charge on any atom is -0.310 e. The van der Waals surface area contributed by atoms with Crippen LogP contribution in [0, 0.1) is 5.82 Å². The molecule has 17 heavy (non-hydrogen) atoms. The fourth-order valence-electron chi connectivity index (χ4n) is 2.03. The van der Waals surface area contributed by atoms with Gasteiger partial charge in [0, 0.05) is 23.6 Å². The molecule has 0 spiro atoms. The second-order valence-corrected chi connectivity index (χ2v) is 6.22. The van der Waals surface area contributed by atoms with Crippen molar-refractivity contribution in [2.24, 2.45) is 0 Å². The Labute approximate surface area is 99.3 Å². The van der Waals surface area contributed by atoms with E-state index < -0.39 is 15.7 Å². The Morgan fingerprint density at radius 3 is 2.82 bits per heavy atom. The van der Waals surface area contributed by atoms with Crippen molar-refractivity contribution in [3.8, 4) is 0 Å². The number of fused-ring (bicyclic) bond motifs is 1. The molecular weight excluding hydrogens is 241 g/mol. The highest BCUT2D eigenvalue weighted by Gasteiger charge is 2.30. The molecule has 0 aromatic heterocycles. The van der Waals surface area contributed by atoms with Crippen LogP contribution in [-0.4, -0.2) is 21.0 Å². The quantitative estimate of drug-likeness (QED) is 0.892. The lowest BCUT2D eigenvalue weighted by atomic mass is 10.1. The Hall–Kier alpha value is -1.20. The van der Waals surface area contributed by atoms with Crippen LogP contribution in [-0.2, 0) is 9.84 Å². The summed E-state index contributed by atoms with van der Waals surface area (Å²) in [4.78, 5) is 0.0881. The molecule has 0 saturated heterocycles. The number of sulfone groups is 1. The molecule has 0 atom stereocenters. The SMILES string of the molecule is O=S1(=O)C=C(CNC2CC2)c2c(F)cccc21. The standard InChI is InChI=1S/C12H12FNO2S/c13-10-2-1-3-11-12(10)8(7-17(11,15)16)6-14-9-4-5-9/h1-3,7,9,14H,4-6H2. The normalized spacial score (nSPS) is 21.1. The molecule has 1 aliphatic heterocycles. The minimum atomic E-state index is -3.45. The van der Waals surface area contributed by atoms with Crippen molar-refractivity contribution in [1.29, 1.82) is 0 Å². The van der Waals surface area contributed by atoms with Crippen LogP contribution in [0.25, 0.3) is 5.57 Å². The molecule has 90 valence electrons. The summed E-state index contributed by atoms with van der Waals surface area (Å²) in [5.74, 6) is -0.465. The summed E-state index contributed by atoms with van der Waals surface area (Å²) in [5.41, 5.74) is 0.769. The Bertz CT molecular complexity index is 603. The first-order chi connectivity index (χ1) is 8.08. The third kappa shape index (κ3) is 1.89. The van der Waals surface area contributed by atoms with Gasteiger partial charge in [-0.25, -0.2) is 12.8 Å². The van der Waals surface area contributed by atoms with E-state index in [1.54, 1.807) is 0 Å². The highest BCUT2D eigenvalue weighted by Crippen LogP contribution is 2.35. The summed E-state index contributed by atoms with van der Waals surface area (Å²) in [6.07, 6.45) is 2.23. The third-order valence-corrected chi connectivity index (χ3v) is 4.61. The van der Waals surface area contributed by atoms with Crippen LogP contribution >= 0.6 is 0 Å². The summed E-state index contributed by atoms with van der Waals surface area (Å²) >= 11 is 0. The molecule has 1 aromatic rings. The summed E-state index contributed by atoms with van der Waals surface area (Å²) in [5, 5.41) is 4.38. The van der Waals surface area contributed by atoms with Crippen molar-refractivity contribution in [3.63, 3.8) is 0 Å². The van der Waals surface area contributed by atoms with E-state index in [0.29, 0.717) is 18.2 Å². The van der Waals surface area contributed by atoms with Crippen molar-refractivity contribution in [3.05, 3.63) is 35.0 Å². The molecule has 1 N–H and O–H groups in total. The van der Waals surface area contributed by atoms with Gasteiger partial charge in [-0.3, -0.25) is 0 Å². The summed E-state index contributed by atoms with van der Waals surface area (Å²) < 4.78 is 37.3. The smallest absolute Gasteiger partial charge is 0.200 e. The van der Waals surface area contributed by atoms with Crippen LogP contribution in [0.4, 0.5) is 4.39 Å². The molecule has 0 radical (unpaired) electrons. The Morgan fingerprint density at radius 2 is 2.12 bits per heavy atom. The Balaban J connectivity index is 2.00. The highest BCUT2D eigenvalue weighted by molar-refractivity contribution is 7.95. The topological polar surface area (TPSA) is 46.2 Å². The van der Waals surface area contributed by atoms with Crippen molar-refractivity contribution in [1.82, 2.24) is 5.32 Å². The zero-order chi connectivity index (χ0) is 12.0. The monoisotopic (exact) mass is 253 g/mol. The predicted molar refractivity (Wildman–Crippen MR) is 62.6 cm³/mol. The molecule has 3 rings (SSSR count). The first-order valence-electron chi connectivity index (χ1n) is 5.56.